The van der Waals surface area contributed by atoms with Crippen LogP contribution < -0.4 is 5.48 Å². The smallest absolute Gasteiger partial charge is 0.264 e. The Bertz CT molecular complexity index is 296. The van der Waals surface area contributed by atoms with Crippen LogP contribution in [-0.2, 0) is 4.84 Å². The number of H-pyrrole nitrogens is 1. The molecule has 1 rings (SSSR count). The van der Waals surface area contributed by atoms with Crippen molar-refractivity contribution < 1.29 is 22.8 Å². The molecule has 6 nitrogen and oxygen atoms in total. The van der Waals surface area contributed by atoms with Gasteiger partial charge in [-0.25, -0.2) is 10.5 Å². The Morgan fingerprint density at radius 2 is 2.36 bits per heavy atom. The lowest BCUT2D eigenvalue weighted by molar-refractivity contribution is -0.184. The summed E-state index contributed by atoms with van der Waals surface area (Å²) in [5.41, 5.74) is 1.55. The summed E-state index contributed by atoms with van der Waals surface area (Å²) in [5, 5.41) is 5.48. The second-order valence-electron chi connectivity index (χ2n) is 2.17. The molecule has 0 atom stereocenters. The van der Waals surface area contributed by atoms with E-state index in [2.05, 4.69) is 20.0 Å². The second kappa shape index (κ2) is 4.05. The number of rotatable bonds is 3. The van der Waals surface area contributed by atoms with Gasteiger partial charge < -0.3 is 0 Å². The van der Waals surface area contributed by atoms with Gasteiger partial charge in [-0.3, -0.25) is 14.7 Å². The molecule has 0 fully saturated rings. The highest BCUT2D eigenvalue weighted by atomic mass is 19.4. The van der Waals surface area contributed by atoms with Crippen molar-refractivity contribution in [1.29, 1.82) is 0 Å². The molecular formula is C5H5F3N4O2. The maximum Gasteiger partial charge on any atom is 0.414 e. The van der Waals surface area contributed by atoms with Crippen LogP contribution in [-0.4, -0.2) is 33.9 Å². The first-order valence-corrected chi connectivity index (χ1v) is 3.33. The monoisotopic (exact) mass is 210 g/mol. The van der Waals surface area contributed by atoms with Gasteiger partial charge in [0.05, 0.1) is 0 Å². The van der Waals surface area contributed by atoms with Crippen molar-refractivity contribution in [2.75, 3.05) is 6.61 Å². The molecule has 0 unspecified atom stereocenters. The number of hydrogen-bond donors (Lipinski definition) is 2. The Morgan fingerprint density at radius 3 is 2.86 bits per heavy atom. The molecule has 0 radical (unpaired) electrons. The van der Waals surface area contributed by atoms with Crippen molar-refractivity contribution in [3.05, 3.63) is 12.2 Å². The maximum absolute atomic E-state index is 11.5. The molecule has 1 aromatic heterocycles. The molecule has 0 saturated heterocycles. The number of carbonyl (C=O) groups excluding carboxylic acids is 1. The van der Waals surface area contributed by atoms with Crippen molar-refractivity contribution in [3.63, 3.8) is 0 Å². The Kier molecular flexibility index (Phi) is 3.02. The zero-order chi connectivity index (χ0) is 10.6. The van der Waals surface area contributed by atoms with Crippen LogP contribution in [0.5, 0.6) is 0 Å². The highest BCUT2D eigenvalue weighted by Crippen LogP contribution is 2.13. The quantitative estimate of drug-likeness (QED) is 0.689. The van der Waals surface area contributed by atoms with Crippen LogP contribution in [0.25, 0.3) is 0 Å². The van der Waals surface area contributed by atoms with E-state index in [0.717, 1.165) is 6.33 Å². The molecule has 0 aliphatic carbocycles. The minimum absolute atomic E-state index is 0.229. The molecule has 2 N–H and O–H groups in total. The van der Waals surface area contributed by atoms with E-state index in [1.54, 1.807) is 5.48 Å². The van der Waals surface area contributed by atoms with E-state index in [9.17, 15) is 18.0 Å². The van der Waals surface area contributed by atoms with Crippen LogP contribution in [0.1, 0.15) is 10.6 Å². The average molecular weight is 210 g/mol. The number of amides is 1. The average Bonchev–Trinajstić information content (AvgIpc) is 2.53. The van der Waals surface area contributed by atoms with E-state index in [1.165, 1.54) is 0 Å². The lowest BCUT2D eigenvalue weighted by Crippen LogP contribution is -2.30. The SMILES string of the molecule is O=C(NOCC(F)(F)F)c1ncn[nH]1. The van der Waals surface area contributed by atoms with Crippen LogP contribution in [0.3, 0.4) is 0 Å². The number of hydrogen-bond acceptors (Lipinski definition) is 4. The van der Waals surface area contributed by atoms with Crippen molar-refractivity contribution in [2.45, 2.75) is 6.18 Å². The number of hydroxylamine groups is 1. The summed E-state index contributed by atoms with van der Waals surface area (Å²) in [7, 11) is 0. The Hall–Kier alpha value is -1.64. The largest absolute Gasteiger partial charge is 0.414 e. The van der Waals surface area contributed by atoms with Crippen molar-refractivity contribution in [1.82, 2.24) is 20.7 Å². The minimum atomic E-state index is -4.49. The third-order valence-electron chi connectivity index (χ3n) is 1.03. The number of aromatic amines is 1. The first-order valence-electron chi connectivity index (χ1n) is 3.33. The second-order valence-corrected chi connectivity index (χ2v) is 2.17. The van der Waals surface area contributed by atoms with E-state index >= 15 is 0 Å². The first kappa shape index (κ1) is 10.4. The number of nitrogens with zero attached hydrogens (tertiary/aromatic N) is 2. The van der Waals surface area contributed by atoms with E-state index in [0.29, 0.717) is 0 Å². The molecule has 14 heavy (non-hydrogen) atoms. The third-order valence-corrected chi connectivity index (χ3v) is 1.03. The lowest BCUT2D eigenvalue weighted by atomic mass is 10.6. The van der Waals surface area contributed by atoms with Crippen LogP contribution in [0.4, 0.5) is 13.2 Å². The van der Waals surface area contributed by atoms with Crippen molar-refractivity contribution >= 4 is 5.91 Å². The summed E-state index contributed by atoms with van der Waals surface area (Å²) in [5.74, 6) is -1.15. The van der Waals surface area contributed by atoms with Gasteiger partial charge in [0.15, 0.2) is 6.61 Å². The maximum atomic E-state index is 11.5. The van der Waals surface area contributed by atoms with Gasteiger partial charge in [-0.1, -0.05) is 0 Å². The molecular weight excluding hydrogens is 205 g/mol. The lowest BCUT2D eigenvalue weighted by Gasteiger charge is -2.06. The van der Waals surface area contributed by atoms with Gasteiger partial charge in [-0.05, 0) is 0 Å². The summed E-state index contributed by atoms with van der Waals surface area (Å²) < 4.78 is 34.6. The fraction of sp³-hybridized carbons (Fsp3) is 0.400. The summed E-state index contributed by atoms with van der Waals surface area (Å²) >= 11 is 0. The fourth-order valence-electron chi connectivity index (χ4n) is 0.547. The van der Waals surface area contributed by atoms with Gasteiger partial charge in [0, 0.05) is 0 Å². The molecule has 0 aromatic carbocycles. The molecule has 1 heterocycles. The van der Waals surface area contributed by atoms with Crippen molar-refractivity contribution in [2.24, 2.45) is 0 Å². The van der Waals surface area contributed by atoms with E-state index in [4.69, 9.17) is 0 Å². The number of aromatic nitrogens is 3. The summed E-state index contributed by atoms with van der Waals surface area (Å²) in [6.45, 7) is -1.56. The third kappa shape index (κ3) is 3.39. The summed E-state index contributed by atoms with van der Waals surface area (Å²) in [6.07, 6.45) is -3.45. The Balaban J connectivity index is 2.30. The summed E-state index contributed by atoms with van der Waals surface area (Å²) in [6, 6.07) is 0. The van der Waals surface area contributed by atoms with Crippen LogP contribution >= 0.6 is 0 Å². The molecule has 9 heteroatoms. The predicted molar refractivity (Wildman–Crippen MR) is 35.9 cm³/mol. The normalized spacial score (nSPS) is 11.4. The van der Waals surface area contributed by atoms with Crippen molar-refractivity contribution in [3.8, 4) is 0 Å². The highest BCUT2D eigenvalue weighted by molar-refractivity contribution is 5.89. The van der Waals surface area contributed by atoms with Crippen LogP contribution in [0.2, 0.25) is 0 Å². The predicted octanol–water partition coefficient (Wildman–Crippen LogP) is 0.0284. The molecule has 0 aliphatic heterocycles. The molecule has 0 saturated carbocycles. The number of halogens is 3. The standard InChI is InChI=1S/C5H5F3N4O2/c6-5(7,8)1-14-12-4(13)3-9-2-10-11-3/h2H,1H2,(H,12,13)(H,9,10,11). The number of nitrogens with one attached hydrogen (secondary N) is 2. The van der Waals surface area contributed by atoms with Crippen LogP contribution in [0, 0.1) is 0 Å². The molecule has 78 valence electrons. The molecule has 0 aliphatic rings. The first-order chi connectivity index (χ1) is 6.49. The molecule has 0 bridgehead atoms. The topological polar surface area (TPSA) is 79.9 Å². The highest BCUT2D eigenvalue weighted by Gasteiger charge is 2.28. The number of alkyl halides is 3. The van der Waals surface area contributed by atoms with E-state index in [-0.39, 0.29) is 5.82 Å². The zero-order valence-electron chi connectivity index (χ0n) is 6.63. The molecule has 1 aromatic rings. The van der Waals surface area contributed by atoms with Gasteiger partial charge in [-0.2, -0.15) is 18.3 Å². The Labute approximate surface area is 75.4 Å². The van der Waals surface area contributed by atoms with Gasteiger partial charge in [0.1, 0.15) is 6.33 Å². The minimum Gasteiger partial charge on any atom is -0.264 e. The summed E-state index contributed by atoms with van der Waals surface area (Å²) in [4.78, 5) is 18.1. The van der Waals surface area contributed by atoms with Gasteiger partial charge in [-0.15, -0.1) is 0 Å². The fourth-order valence-corrected chi connectivity index (χ4v) is 0.547. The molecule has 1 amide bonds. The van der Waals surface area contributed by atoms with E-state index in [1.807, 2.05) is 0 Å². The van der Waals surface area contributed by atoms with Gasteiger partial charge in [0.2, 0.25) is 5.82 Å². The Morgan fingerprint density at radius 1 is 1.64 bits per heavy atom. The van der Waals surface area contributed by atoms with Crippen LogP contribution in [0.15, 0.2) is 6.33 Å². The van der Waals surface area contributed by atoms with Gasteiger partial charge in [0.25, 0.3) is 0 Å². The van der Waals surface area contributed by atoms with E-state index < -0.39 is 18.7 Å². The molecule has 0 spiro atoms. The van der Waals surface area contributed by atoms with Gasteiger partial charge >= 0.3 is 12.1 Å². The zero-order valence-corrected chi connectivity index (χ0v) is 6.63. The number of carbonyl (C=O) groups is 1.